The Morgan fingerprint density at radius 1 is 1.64 bits per heavy atom. The van der Waals surface area contributed by atoms with E-state index in [1.54, 1.807) is 0 Å². The van der Waals surface area contributed by atoms with Gasteiger partial charge in [0.25, 0.3) is 0 Å². The van der Waals surface area contributed by atoms with Crippen molar-refractivity contribution in [3.63, 3.8) is 0 Å². The standard InChI is InChI=1S/C8H11NO2/c1-5-3-7(4-8(10)11)9-6(5)2/h3,9H,4H2,1-2H3,(H,10,11). The van der Waals surface area contributed by atoms with Crippen LogP contribution in [-0.2, 0) is 11.2 Å². The molecule has 1 aromatic heterocycles. The summed E-state index contributed by atoms with van der Waals surface area (Å²) in [5, 5.41) is 8.45. The summed E-state index contributed by atoms with van der Waals surface area (Å²) in [6, 6.07) is 1.86. The van der Waals surface area contributed by atoms with Gasteiger partial charge >= 0.3 is 5.97 Å². The molecular weight excluding hydrogens is 142 g/mol. The number of aromatic amines is 1. The Kier molecular flexibility index (Phi) is 1.98. The molecule has 0 aliphatic heterocycles. The van der Waals surface area contributed by atoms with Crippen LogP contribution in [0.2, 0.25) is 0 Å². The zero-order chi connectivity index (χ0) is 8.43. The minimum absolute atomic E-state index is 0.0781. The molecule has 1 rings (SSSR count). The molecule has 0 unspecified atom stereocenters. The van der Waals surface area contributed by atoms with E-state index in [0.717, 1.165) is 17.0 Å². The first-order chi connectivity index (χ1) is 5.09. The molecule has 0 bridgehead atoms. The third-order valence-electron chi connectivity index (χ3n) is 1.67. The SMILES string of the molecule is Cc1cc(CC(=O)O)[nH]c1C. The van der Waals surface area contributed by atoms with Crippen molar-refractivity contribution < 1.29 is 9.90 Å². The summed E-state index contributed by atoms with van der Waals surface area (Å²) in [7, 11) is 0. The van der Waals surface area contributed by atoms with Crippen LogP contribution in [0.4, 0.5) is 0 Å². The molecule has 1 aromatic rings. The topological polar surface area (TPSA) is 53.1 Å². The highest BCUT2D eigenvalue weighted by atomic mass is 16.4. The van der Waals surface area contributed by atoms with Gasteiger partial charge in [-0.15, -0.1) is 0 Å². The molecule has 0 spiro atoms. The van der Waals surface area contributed by atoms with E-state index in [1.165, 1.54) is 0 Å². The first-order valence-electron chi connectivity index (χ1n) is 3.46. The molecule has 0 aromatic carbocycles. The number of H-pyrrole nitrogens is 1. The predicted molar refractivity (Wildman–Crippen MR) is 41.6 cm³/mol. The highest BCUT2D eigenvalue weighted by Gasteiger charge is 2.03. The Labute approximate surface area is 65.1 Å². The van der Waals surface area contributed by atoms with Crippen LogP contribution in [0.3, 0.4) is 0 Å². The average molecular weight is 153 g/mol. The van der Waals surface area contributed by atoms with E-state index in [-0.39, 0.29) is 6.42 Å². The Morgan fingerprint density at radius 3 is 2.64 bits per heavy atom. The molecule has 1 heterocycles. The van der Waals surface area contributed by atoms with Crippen molar-refractivity contribution >= 4 is 5.97 Å². The highest BCUT2D eigenvalue weighted by Crippen LogP contribution is 2.08. The fourth-order valence-electron chi connectivity index (χ4n) is 1.00. The Balaban J connectivity index is 2.81. The predicted octanol–water partition coefficient (Wildman–Crippen LogP) is 1.26. The number of carboxylic acids is 1. The smallest absolute Gasteiger partial charge is 0.309 e. The van der Waals surface area contributed by atoms with Crippen molar-refractivity contribution in [2.45, 2.75) is 20.3 Å². The number of aliphatic carboxylic acids is 1. The normalized spacial score (nSPS) is 10.0. The van der Waals surface area contributed by atoms with Gasteiger partial charge in [-0.3, -0.25) is 4.79 Å². The van der Waals surface area contributed by atoms with Gasteiger partial charge in [-0.1, -0.05) is 0 Å². The summed E-state index contributed by atoms with van der Waals surface area (Å²) in [5.41, 5.74) is 2.93. The van der Waals surface area contributed by atoms with Gasteiger partial charge in [-0.2, -0.15) is 0 Å². The van der Waals surface area contributed by atoms with Crippen molar-refractivity contribution in [2.75, 3.05) is 0 Å². The van der Waals surface area contributed by atoms with Gasteiger partial charge < -0.3 is 10.1 Å². The average Bonchev–Trinajstić information content (AvgIpc) is 2.10. The minimum Gasteiger partial charge on any atom is -0.481 e. The Hall–Kier alpha value is -1.25. The van der Waals surface area contributed by atoms with Crippen molar-refractivity contribution in [3.05, 3.63) is 23.0 Å². The van der Waals surface area contributed by atoms with E-state index in [4.69, 9.17) is 5.11 Å². The lowest BCUT2D eigenvalue weighted by Crippen LogP contribution is -1.99. The quantitative estimate of drug-likeness (QED) is 0.672. The summed E-state index contributed by atoms with van der Waals surface area (Å²) in [6.07, 6.45) is 0.0781. The Bertz CT molecular complexity index is 256. The van der Waals surface area contributed by atoms with Crippen LogP contribution < -0.4 is 0 Å². The first kappa shape index (κ1) is 7.85. The van der Waals surface area contributed by atoms with E-state index >= 15 is 0 Å². The van der Waals surface area contributed by atoms with Gasteiger partial charge in [0, 0.05) is 11.4 Å². The highest BCUT2D eigenvalue weighted by molar-refractivity contribution is 5.69. The summed E-state index contributed by atoms with van der Waals surface area (Å²) in [4.78, 5) is 13.3. The van der Waals surface area contributed by atoms with Gasteiger partial charge in [-0.05, 0) is 25.5 Å². The molecule has 11 heavy (non-hydrogen) atoms. The molecule has 0 saturated heterocycles. The maximum absolute atomic E-state index is 10.3. The third kappa shape index (κ3) is 1.83. The first-order valence-corrected chi connectivity index (χ1v) is 3.46. The number of hydrogen-bond acceptors (Lipinski definition) is 1. The van der Waals surface area contributed by atoms with E-state index in [1.807, 2.05) is 19.9 Å². The van der Waals surface area contributed by atoms with Crippen LogP contribution in [0.25, 0.3) is 0 Å². The molecule has 0 amide bonds. The molecule has 3 nitrogen and oxygen atoms in total. The van der Waals surface area contributed by atoms with Gasteiger partial charge in [0.1, 0.15) is 0 Å². The second kappa shape index (κ2) is 2.78. The van der Waals surface area contributed by atoms with E-state index in [0.29, 0.717) is 0 Å². The number of nitrogens with one attached hydrogen (secondary N) is 1. The van der Waals surface area contributed by atoms with Crippen LogP contribution in [0, 0.1) is 13.8 Å². The van der Waals surface area contributed by atoms with Gasteiger partial charge in [0.2, 0.25) is 0 Å². The lowest BCUT2D eigenvalue weighted by atomic mass is 10.2. The molecule has 0 saturated carbocycles. The molecule has 0 aliphatic rings. The fraction of sp³-hybridized carbons (Fsp3) is 0.375. The summed E-state index contributed by atoms with van der Waals surface area (Å²) in [5.74, 6) is -0.800. The number of rotatable bonds is 2. The number of carbonyl (C=O) groups is 1. The van der Waals surface area contributed by atoms with Gasteiger partial charge in [-0.25, -0.2) is 0 Å². The van der Waals surface area contributed by atoms with Gasteiger partial charge in [0.05, 0.1) is 6.42 Å². The Morgan fingerprint density at radius 2 is 2.27 bits per heavy atom. The summed E-state index contributed by atoms with van der Waals surface area (Å²) >= 11 is 0. The molecular formula is C8H11NO2. The second-order valence-electron chi connectivity index (χ2n) is 2.67. The van der Waals surface area contributed by atoms with Crippen LogP contribution in [0.1, 0.15) is 17.0 Å². The zero-order valence-corrected chi connectivity index (χ0v) is 6.64. The number of aromatic nitrogens is 1. The molecule has 0 aliphatic carbocycles. The van der Waals surface area contributed by atoms with E-state index < -0.39 is 5.97 Å². The number of aryl methyl sites for hydroxylation is 2. The van der Waals surface area contributed by atoms with Crippen LogP contribution in [0.5, 0.6) is 0 Å². The minimum atomic E-state index is -0.800. The van der Waals surface area contributed by atoms with E-state index in [2.05, 4.69) is 4.98 Å². The summed E-state index contributed by atoms with van der Waals surface area (Å²) < 4.78 is 0. The van der Waals surface area contributed by atoms with Crippen LogP contribution >= 0.6 is 0 Å². The zero-order valence-electron chi connectivity index (χ0n) is 6.64. The van der Waals surface area contributed by atoms with Crippen LogP contribution in [-0.4, -0.2) is 16.1 Å². The van der Waals surface area contributed by atoms with Crippen molar-refractivity contribution in [1.29, 1.82) is 0 Å². The second-order valence-corrected chi connectivity index (χ2v) is 2.67. The summed E-state index contributed by atoms with van der Waals surface area (Å²) in [6.45, 7) is 3.89. The maximum Gasteiger partial charge on any atom is 0.309 e. The largest absolute Gasteiger partial charge is 0.481 e. The third-order valence-corrected chi connectivity index (χ3v) is 1.67. The molecule has 3 heteroatoms. The number of carboxylic acid groups (broad SMARTS) is 1. The molecule has 0 atom stereocenters. The maximum atomic E-state index is 10.3. The van der Waals surface area contributed by atoms with Crippen LogP contribution in [0.15, 0.2) is 6.07 Å². The van der Waals surface area contributed by atoms with Crippen molar-refractivity contribution in [3.8, 4) is 0 Å². The van der Waals surface area contributed by atoms with Gasteiger partial charge in [0.15, 0.2) is 0 Å². The molecule has 60 valence electrons. The fourth-order valence-corrected chi connectivity index (χ4v) is 1.00. The van der Waals surface area contributed by atoms with E-state index in [9.17, 15) is 4.79 Å². The van der Waals surface area contributed by atoms with Crippen molar-refractivity contribution in [2.24, 2.45) is 0 Å². The lowest BCUT2D eigenvalue weighted by Gasteiger charge is -1.88. The number of hydrogen-bond donors (Lipinski definition) is 2. The molecule has 2 N–H and O–H groups in total. The van der Waals surface area contributed by atoms with Crippen molar-refractivity contribution in [1.82, 2.24) is 4.98 Å². The molecule has 0 radical (unpaired) electrons. The lowest BCUT2D eigenvalue weighted by molar-refractivity contribution is -0.136. The molecule has 0 fully saturated rings. The monoisotopic (exact) mass is 153 g/mol.